The molecule has 198 valence electrons. The van der Waals surface area contributed by atoms with Crippen LogP contribution in [0.1, 0.15) is 31.9 Å². The van der Waals surface area contributed by atoms with Gasteiger partial charge in [-0.05, 0) is 79.2 Å². The zero-order chi connectivity index (χ0) is 27.6. The van der Waals surface area contributed by atoms with Gasteiger partial charge in [-0.15, -0.1) is 11.3 Å². The number of hydrogen-bond donors (Lipinski definition) is 1. The first-order valence-corrected chi connectivity index (χ1v) is 14.4. The molecule has 3 aromatic carbocycles. The van der Waals surface area contributed by atoms with E-state index in [2.05, 4.69) is 5.32 Å². The summed E-state index contributed by atoms with van der Waals surface area (Å²) in [6.07, 6.45) is 0. The van der Waals surface area contributed by atoms with Crippen molar-refractivity contribution in [2.45, 2.75) is 32.2 Å². The van der Waals surface area contributed by atoms with Crippen molar-refractivity contribution in [3.8, 4) is 0 Å². The minimum atomic E-state index is -4.03. The lowest BCUT2D eigenvalue weighted by atomic mass is 10.1. The molecule has 1 heterocycles. The highest BCUT2D eigenvalue weighted by Crippen LogP contribution is 2.30. The Balaban J connectivity index is 1.63. The number of ether oxygens (including phenoxy) is 1. The number of benzene rings is 3. The molecular weight excluding hydrogens is 544 g/mol. The van der Waals surface area contributed by atoms with E-state index in [9.17, 15) is 18.0 Å². The predicted molar refractivity (Wildman–Crippen MR) is 151 cm³/mol. The smallest absolute Gasteiger partial charge is 0.348 e. The quantitative estimate of drug-likeness (QED) is 0.259. The molecule has 0 unspecified atom stereocenters. The van der Waals surface area contributed by atoms with Crippen LogP contribution in [-0.4, -0.2) is 38.3 Å². The number of hydrogen-bond acceptors (Lipinski definition) is 6. The van der Waals surface area contributed by atoms with Gasteiger partial charge in [0.2, 0.25) is 15.9 Å². The number of carbonyl (C=O) groups is 2. The minimum Gasteiger partial charge on any atom is -0.465 e. The molecule has 7 nitrogen and oxygen atoms in total. The number of anilines is 1. The Morgan fingerprint density at radius 2 is 1.63 bits per heavy atom. The summed E-state index contributed by atoms with van der Waals surface area (Å²) in [6, 6.07) is 17.4. The molecule has 0 aliphatic heterocycles. The van der Waals surface area contributed by atoms with Crippen LogP contribution in [0.5, 0.6) is 0 Å². The number of fused-ring (bicyclic) bond motifs is 1. The Kier molecular flexibility index (Phi) is 8.22. The maximum atomic E-state index is 13.9. The fourth-order valence-electron chi connectivity index (χ4n) is 4.41. The second-order valence-corrected chi connectivity index (χ2v) is 12.4. The van der Waals surface area contributed by atoms with Crippen LogP contribution < -0.4 is 5.32 Å². The van der Waals surface area contributed by atoms with Gasteiger partial charge in [0.25, 0.3) is 0 Å². The van der Waals surface area contributed by atoms with Crippen LogP contribution in [0.15, 0.2) is 65.6 Å². The summed E-state index contributed by atoms with van der Waals surface area (Å²) in [5.74, 6) is -0.922. The molecule has 0 aliphatic carbocycles. The van der Waals surface area contributed by atoms with Gasteiger partial charge < -0.3 is 10.1 Å². The number of sulfonamides is 1. The third-order valence-electron chi connectivity index (χ3n) is 5.98. The molecule has 0 bridgehead atoms. The lowest BCUT2D eigenvalue weighted by Crippen LogP contribution is -2.38. The number of methoxy groups -OCH3 is 1. The fourth-order valence-corrected chi connectivity index (χ4v) is 7.29. The van der Waals surface area contributed by atoms with Crippen molar-refractivity contribution in [1.82, 2.24) is 4.31 Å². The Labute approximate surface area is 231 Å². The number of halogens is 1. The zero-order valence-electron chi connectivity index (χ0n) is 21.4. The number of esters is 1. The van der Waals surface area contributed by atoms with E-state index < -0.39 is 28.4 Å². The summed E-state index contributed by atoms with van der Waals surface area (Å²) in [7, 11) is -2.71. The number of aryl methyl sites for hydroxylation is 3. The van der Waals surface area contributed by atoms with Crippen LogP contribution in [0.3, 0.4) is 0 Å². The largest absolute Gasteiger partial charge is 0.465 e. The van der Waals surface area contributed by atoms with Crippen LogP contribution >= 0.6 is 22.9 Å². The van der Waals surface area contributed by atoms with E-state index in [1.807, 2.05) is 19.1 Å². The molecule has 0 atom stereocenters. The van der Waals surface area contributed by atoms with Crippen LogP contribution in [0, 0.1) is 20.8 Å². The Hall–Kier alpha value is -3.24. The first-order chi connectivity index (χ1) is 18.0. The van der Waals surface area contributed by atoms with Gasteiger partial charge in [0.1, 0.15) is 4.88 Å². The lowest BCUT2D eigenvalue weighted by molar-refractivity contribution is -0.116. The highest BCUT2D eigenvalue weighted by Gasteiger charge is 2.30. The number of carbonyl (C=O) groups excluding carboxylic acids is 2. The topological polar surface area (TPSA) is 92.8 Å². The summed E-state index contributed by atoms with van der Waals surface area (Å²) in [5, 5.41) is 4.10. The van der Waals surface area contributed by atoms with Gasteiger partial charge in [-0.25, -0.2) is 13.2 Å². The van der Waals surface area contributed by atoms with Gasteiger partial charge in [-0.2, -0.15) is 4.31 Å². The molecule has 4 rings (SSSR count). The van der Waals surface area contributed by atoms with Crippen molar-refractivity contribution < 1.29 is 22.7 Å². The molecule has 38 heavy (non-hydrogen) atoms. The molecule has 10 heteroatoms. The average molecular weight is 571 g/mol. The summed E-state index contributed by atoms with van der Waals surface area (Å²) in [6.45, 7) is 5.02. The Morgan fingerprint density at radius 3 is 2.26 bits per heavy atom. The van der Waals surface area contributed by atoms with Crippen molar-refractivity contribution in [2.24, 2.45) is 0 Å². The van der Waals surface area contributed by atoms with Crippen molar-refractivity contribution in [3.63, 3.8) is 0 Å². The van der Waals surface area contributed by atoms with Gasteiger partial charge in [-0.3, -0.25) is 4.79 Å². The van der Waals surface area contributed by atoms with Crippen LogP contribution in [0.2, 0.25) is 5.02 Å². The van der Waals surface area contributed by atoms with Gasteiger partial charge in [-0.1, -0.05) is 41.4 Å². The summed E-state index contributed by atoms with van der Waals surface area (Å²) < 4.78 is 34.6. The first kappa shape index (κ1) is 27.8. The first-order valence-electron chi connectivity index (χ1n) is 11.7. The monoisotopic (exact) mass is 570 g/mol. The molecule has 0 radical (unpaired) electrons. The number of amides is 1. The third kappa shape index (κ3) is 6.07. The number of nitrogens with zero attached hydrogens (tertiary/aromatic N) is 1. The molecule has 1 N–H and O–H groups in total. The van der Waals surface area contributed by atoms with E-state index in [1.54, 1.807) is 62.4 Å². The molecule has 0 fully saturated rings. The highest BCUT2D eigenvalue weighted by molar-refractivity contribution is 7.89. The summed E-state index contributed by atoms with van der Waals surface area (Å²) in [4.78, 5) is 25.7. The van der Waals surface area contributed by atoms with Crippen LogP contribution in [0.25, 0.3) is 10.1 Å². The Morgan fingerprint density at radius 1 is 0.974 bits per heavy atom. The second kappa shape index (κ2) is 11.2. The van der Waals surface area contributed by atoms with E-state index in [-0.39, 0.29) is 11.4 Å². The molecule has 1 amide bonds. The van der Waals surface area contributed by atoms with Crippen molar-refractivity contribution in [1.29, 1.82) is 0 Å². The van der Waals surface area contributed by atoms with Crippen LogP contribution in [-0.2, 0) is 26.1 Å². The standard InChI is InChI=1S/C28H27ClN2O5S2/c1-17-11-18(2)27(19(3)12-17)38(34,35)31(15-20-5-7-22(29)8-6-20)16-26(32)30-23-9-10-24-21(13-23)14-25(37-24)28(33)36-4/h5-14H,15-16H2,1-4H3,(H,30,32). The third-order valence-corrected chi connectivity index (χ3v) is 9.43. The fraction of sp³-hybridized carbons (Fsp3) is 0.214. The predicted octanol–water partition coefficient (Wildman–Crippen LogP) is 6.10. The van der Waals surface area contributed by atoms with E-state index in [0.29, 0.717) is 32.3 Å². The SMILES string of the molecule is COC(=O)c1cc2cc(NC(=O)CN(Cc3ccc(Cl)cc3)S(=O)(=O)c3c(C)cc(C)cc3C)ccc2s1. The number of nitrogens with one attached hydrogen (secondary N) is 1. The lowest BCUT2D eigenvalue weighted by Gasteiger charge is -2.24. The van der Waals surface area contributed by atoms with E-state index >= 15 is 0 Å². The van der Waals surface area contributed by atoms with Gasteiger partial charge in [0.05, 0.1) is 18.6 Å². The highest BCUT2D eigenvalue weighted by atomic mass is 35.5. The van der Waals surface area contributed by atoms with Crippen molar-refractivity contribution >= 4 is 60.6 Å². The normalized spacial score (nSPS) is 11.6. The number of rotatable bonds is 8. The molecule has 0 saturated carbocycles. The molecule has 0 saturated heterocycles. The summed E-state index contributed by atoms with van der Waals surface area (Å²) in [5.41, 5.74) is 3.38. The molecule has 1 aromatic heterocycles. The maximum Gasteiger partial charge on any atom is 0.348 e. The molecular formula is C28H27ClN2O5S2. The van der Waals surface area contributed by atoms with E-state index in [1.165, 1.54) is 22.8 Å². The zero-order valence-corrected chi connectivity index (χ0v) is 23.8. The summed E-state index contributed by atoms with van der Waals surface area (Å²) >= 11 is 7.30. The van der Waals surface area contributed by atoms with Gasteiger partial charge in [0.15, 0.2) is 0 Å². The van der Waals surface area contributed by atoms with E-state index in [0.717, 1.165) is 15.6 Å². The molecule has 0 aliphatic rings. The molecule has 4 aromatic rings. The Bertz CT molecular complexity index is 1610. The maximum absolute atomic E-state index is 13.9. The second-order valence-electron chi connectivity index (χ2n) is 9.03. The van der Waals surface area contributed by atoms with Crippen molar-refractivity contribution in [3.05, 3.63) is 92.8 Å². The van der Waals surface area contributed by atoms with Gasteiger partial charge >= 0.3 is 5.97 Å². The van der Waals surface area contributed by atoms with E-state index in [4.69, 9.17) is 16.3 Å². The number of thiophene rings is 1. The molecule has 0 spiro atoms. The van der Waals surface area contributed by atoms with Crippen molar-refractivity contribution in [2.75, 3.05) is 19.0 Å². The van der Waals surface area contributed by atoms with Gasteiger partial charge in [0, 0.05) is 22.0 Å². The minimum absolute atomic E-state index is 0.00820. The van der Waals surface area contributed by atoms with Crippen LogP contribution in [0.4, 0.5) is 5.69 Å². The average Bonchev–Trinajstić information content (AvgIpc) is 3.27.